The molecule has 18 heavy (non-hydrogen) atoms. The lowest BCUT2D eigenvalue weighted by Gasteiger charge is -2.19. The lowest BCUT2D eigenvalue weighted by atomic mass is 10.1. The summed E-state index contributed by atoms with van der Waals surface area (Å²) in [7, 11) is 2.15. The van der Waals surface area contributed by atoms with Crippen molar-refractivity contribution in [2.24, 2.45) is 11.7 Å². The average molecular weight is 246 g/mol. The van der Waals surface area contributed by atoms with Gasteiger partial charge in [0.25, 0.3) is 0 Å². The Balaban J connectivity index is 1.94. The van der Waals surface area contributed by atoms with Gasteiger partial charge in [0.05, 0.1) is 6.26 Å². The molecule has 0 bridgehead atoms. The van der Waals surface area contributed by atoms with Crippen LogP contribution >= 0.6 is 0 Å². The molecule has 0 radical (unpaired) electrons. The molecule has 2 aromatic rings. The van der Waals surface area contributed by atoms with Gasteiger partial charge in [0, 0.05) is 18.5 Å². The Morgan fingerprint density at radius 3 is 2.89 bits per heavy atom. The van der Waals surface area contributed by atoms with Gasteiger partial charge >= 0.3 is 0 Å². The van der Waals surface area contributed by atoms with E-state index in [-0.39, 0.29) is 0 Å². The minimum absolute atomic E-state index is 0.552. The first kappa shape index (κ1) is 13.1. The van der Waals surface area contributed by atoms with E-state index in [1.54, 1.807) is 0 Å². The van der Waals surface area contributed by atoms with Gasteiger partial charge in [-0.1, -0.05) is 25.1 Å². The minimum atomic E-state index is 0.552. The van der Waals surface area contributed by atoms with Crippen molar-refractivity contribution in [3.05, 3.63) is 36.1 Å². The van der Waals surface area contributed by atoms with Crippen LogP contribution in [-0.2, 0) is 6.42 Å². The summed E-state index contributed by atoms with van der Waals surface area (Å²) in [6.45, 7) is 5.02. The lowest BCUT2D eigenvalue weighted by molar-refractivity contribution is 0.292. The number of furan rings is 1. The Morgan fingerprint density at radius 1 is 1.33 bits per heavy atom. The summed E-state index contributed by atoms with van der Waals surface area (Å²) in [4.78, 5) is 2.33. The molecule has 0 aliphatic rings. The molecule has 98 valence electrons. The number of likely N-dealkylation sites (N-methyl/N-ethyl adjacent to an activating group) is 1. The van der Waals surface area contributed by atoms with Crippen molar-refractivity contribution in [2.45, 2.75) is 13.3 Å². The molecule has 0 saturated carbocycles. The number of nitrogens with two attached hydrogens (primary N) is 1. The summed E-state index contributed by atoms with van der Waals surface area (Å²) in [5.41, 5.74) is 7.91. The predicted molar refractivity (Wildman–Crippen MR) is 75.6 cm³/mol. The first-order valence-corrected chi connectivity index (χ1v) is 6.54. The van der Waals surface area contributed by atoms with Crippen LogP contribution in [-0.4, -0.2) is 31.6 Å². The van der Waals surface area contributed by atoms with Crippen molar-refractivity contribution in [3.63, 3.8) is 0 Å². The molecule has 0 saturated heterocycles. The van der Waals surface area contributed by atoms with Gasteiger partial charge in [0.1, 0.15) is 5.58 Å². The van der Waals surface area contributed by atoms with E-state index >= 15 is 0 Å². The first-order valence-electron chi connectivity index (χ1n) is 6.54. The van der Waals surface area contributed by atoms with Gasteiger partial charge in [0.2, 0.25) is 0 Å². The van der Waals surface area contributed by atoms with Gasteiger partial charge in [-0.25, -0.2) is 0 Å². The molecule has 0 fully saturated rings. The Bertz CT molecular complexity index is 492. The first-order chi connectivity index (χ1) is 8.70. The molecule has 1 heterocycles. The highest BCUT2D eigenvalue weighted by Gasteiger charge is 2.08. The molecule has 1 aromatic heterocycles. The second-order valence-electron chi connectivity index (χ2n) is 5.11. The van der Waals surface area contributed by atoms with Crippen molar-refractivity contribution in [2.75, 3.05) is 26.7 Å². The molecule has 0 aliphatic carbocycles. The third-order valence-corrected chi connectivity index (χ3v) is 3.35. The van der Waals surface area contributed by atoms with Crippen LogP contribution < -0.4 is 5.73 Å². The average Bonchev–Trinajstić information content (AvgIpc) is 2.79. The summed E-state index contributed by atoms with van der Waals surface area (Å²) in [6, 6.07) is 8.20. The van der Waals surface area contributed by atoms with E-state index in [2.05, 4.69) is 31.0 Å². The van der Waals surface area contributed by atoms with Gasteiger partial charge in [-0.05, 0) is 37.6 Å². The molecule has 0 aliphatic heterocycles. The molecule has 3 heteroatoms. The van der Waals surface area contributed by atoms with E-state index in [1.807, 2.05) is 18.4 Å². The summed E-state index contributed by atoms with van der Waals surface area (Å²) in [5, 5.41) is 1.23. The third-order valence-electron chi connectivity index (χ3n) is 3.35. The summed E-state index contributed by atoms with van der Waals surface area (Å²) < 4.78 is 5.55. The minimum Gasteiger partial charge on any atom is -0.464 e. The second kappa shape index (κ2) is 6.03. The molecular weight excluding hydrogens is 224 g/mol. The van der Waals surface area contributed by atoms with Crippen molar-refractivity contribution >= 4 is 11.0 Å². The van der Waals surface area contributed by atoms with Gasteiger partial charge in [-0.2, -0.15) is 0 Å². The van der Waals surface area contributed by atoms with Gasteiger partial charge in [-0.15, -0.1) is 0 Å². The number of fused-ring (bicyclic) bond motifs is 1. The number of hydrogen-bond donors (Lipinski definition) is 1. The normalized spacial score (nSPS) is 13.3. The molecular formula is C15H22N2O. The van der Waals surface area contributed by atoms with E-state index in [0.29, 0.717) is 5.92 Å². The van der Waals surface area contributed by atoms with E-state index < -0.39 is 0 Å². The maximum Gasteiger partial charge on any atom is 0.134 e. The molecule has 1 unspecified atom stereocenters. The Morgan fingerprint density at radius 2 is 2.11 bits per heavy atom. The smallest absolute Gasteiger partial charge is 0.134 e. The molecule has 2 rings (SSSR count). The van der Waals surface area contributed by atoms with E-state index in [1.165, 1.54) is 10.9 Å². The van der Waals surface area contributed by atoms with Crippen molar-refractivity contribution in [1.29, 1.82) is 0 Å². The molecule has 2 N–H and O–H groups in total. The van der Waals surface area contributed by atoms with Crippen LogP contribution in [0.4, 0.5) is 0 Å². The zero-order valence-electron chi connectivity index (χ0n) is 11.2. The van der Waals surface area contributed by atoms with E-state index in [9.17, 15) is 0 Å². The number of benzene rings is 1. The van der Waals surface area contributed by atoms with Crippen molar-refractivity contribution < 1.29 is 4.42 Å². The number of para-hydroxylation sites is 1. The second-order valence-corrected chi connectivity index (χ2v) is 5.11. The van der Waals surface area contributed by atoms with Crippen LogP contribution in [0.15, 0.2) is 34.9 Å². The lowest BCUT2D eigenvalue weighted by Crippen LogP contribution is -2.29. The quantitative estimate of drug-likeness (QED) is 0.851. The predicted octanol–water partition coefficient (Wildman–Crippen LogP) is 2.50. The fourth-order valence-corrected chi connectivity index (χ4v) is 2.24. The zero-order valence-corrected chi connectivity index (χ0v) is 11.2. The highest BCUT2D eigenvalue weighted by Crippen LogP contribution is 2.21. The summed E-state index contributed by atoms with van der Waals surface area (Å²) >= 11 is 0. The highest BCUT2D eigenvalue weighted by atomic mass is 16.3. The van der Waals surface area contributed by atoms with Crippen LogP contribution in [0.3, 0.4) is 0 Å². The van der Waals surface area contributed by atoms with Crippen LogP contribution in [0.25, 0.3) is 11.0 Å². The van der Waals surface area contributed by atoms with E-state index in [0.717, 1.165) is 31.6 Å². The Kier molecular flexibility index (Phi) is 4.39. The largest absolute Gasteiger partial charge is 0.464 e. The van der Waals surface area contributed by atoms with Gasteiger partial charge < -0.3 is 15.1 Å². The zero-order chi connectivity index (χ0) is 13.0. The van der Waals surface area contributed by atoms with Crippen molar-refractivity contribution in [1.82, 2.24) is 4.90 Å². The molecule has 1 aromatic carbocycles. The van der Waals surface area contributed by atoms with Crippen LogP contribution in [0.5, 0.6) is 0 Å². The fourth-order valence-electron chi connectivity index (χ4n) is 2.24. The fraction of sp³-hybridized carbons (Fsp3) is 0.467. The molecule has 1 atom stereocenters. The Labute approximate surface area is 109 Å². The topological polar surface area (TPSA) is 42.4 Å². The molecule has 3 nitrogen and oxygen atoms in total. The van der Waals surface area contributed by atoms with Gasteiger partial charge in [-0.3, -0.25) is 0 Å². The SMILES string of the molecule is CC(CN)CN(C)CCc1coc2ccccc12. The standard InChI is InChI=1S/C15H22N2O/c1-12(9-16)10-17(2)8-7-13-11-18-15-6-4-3-5-14(13)15/h3-6,11-12H,7-10,16H2,1-2H3. The maximum atomic E-state index is 5.64. The Hall–Kier alpha value is -1.32. The monoisotopic (exact) mass is 246 g/mol. The number of rotatable bonds is 6. The van der Waals surface area contributed by atoms with E-state index in [4.69, 9.17) is 10.2 Å². The maximum absolute atomic E-state index is 5.64. The third kappa shape index (κ3) is 3.12. The van der Waals surface area contributed by atoms with Crippen molar-refractivity contribution in [3.8, 4) is 0 Å². The summed E-state index contributed by atoms with van der Waals surface area (Å²) in [6.07, 6.45) is 2.90. The van der Waals surface area contributed by atoms with Gasteiger partial charge in [0.15, 0.2) is 0 Å². The highest BCUT2D eigenvalue weighted by molar-refractivity contribution is 5.80. The molecule has 0 amide bonds. The summed E-state index contributed by atoms with van der Waals surface area (Å²) in [5.74, 6) is 0.552. The number of hydrogen-bond acceptors (Lipinski definition) is 3. The number of nitrogens with zero attached hydrogens (tertiary/aromatic N) is 1. The van der Waals surface area contributed by atoms with Crippen LogP contribution in [0.1, 0.15) is 12.5 Å². The molecule has 0 spiro atoms. The van der Waals surface area contributed by atoms with Crippen LogP contribution in [0.2, 0.25) is 0 Å². The van der Waals surface area contributed by atoms with Crippen LogP contribution in [0, 0.1) is 5.92 Å².